The van der Waals surface area contributed by atoms with E-state index in [4.69, 9.17) is 10.2 Å². The van der Waals surface area contributed by atoms with Gasteiger partial charge in [-0.05, 0) is 26.0 Å². The molecule has 6 heteroatoms. The van der Waals surface area contributed by atoms with Gasteiger partial charge in [-0.15, -0.1) is 0 Å². The van der Waals surface area contributed by atoms with Gasteiger partial charge in [-0.25, -0.2) is 8.42 Å². The Morgan fingerprint density at radius 3 is 2.84 bits per heavy atom. The average Bonchev–Trinajstić information content (AvgIpc) is 2.96. The van der Waals surface area contributed by atoms with Gasteiger partial charge < -0.3 is 10.2 Å². The van der Waals surface area contributed by atoms with Crippen molar-refractivity contribution in [1.29, 1.82) is 0 Å². The summed E-state index contributed by atoms with van der Waals surface area (Å²) >= 11 is 0. The highest BCUT2D eigenvalue weighted by Gasteiger charge is 2.49. The van der Waals surface area contributed by atoms with Gasteiger partial charge in [-0.2, -0.15) is 0 Å². The fraction of sp³-hybridized carbons (Fsp3) is 0.692. The lowest BCUT2D eigenvalue weighted by Crippen LogP contribution is -2.58. The van der Waals surface area contributed by atoms with Gasteiger partial charge in [0, 0.05) is 30.4 Å². The zero-order valence-electron chi connectivity index (χ0n) is 11.5. The maximum atomic E-state index is 12.0. The van der Waals surface area contributed by atoms with Crippen LogP contribution in [0, 0.1) is 0 Å². The van der Waals surface area contributed by atoms with E-state index in [1.807, 2.05) is 13.1 Å². The molecule has 2 N–H and O–H groups in total. The number of nitrogens with zero attached hydrogens (tertiary/aromatic N) is 1. The number of furan rings is 1. The lowest BCUT2D eigenvalue weighted by molar-refractivity contribution is 0.126. The van der Waals surface area contributed by atoms with E-state index in [0.29, 0.717) is 19.5 Å². The zero-order valence-corrected chi connectivity index (χ0v) is 12.3. The van der Waals surface area contributed by atoms with Crippen molar-refractivity contribution in [3.05, 3.63) is 24.2 Å². The van der Waals surface area contributed by atoms with Crippen LogP contribution < -0.4 is 5.73 Å². The molecule has 0 bridgehead atoms. The Bertz CT molecular complexity index is 512. The molecule has 2 rings (SSSR count). The third kappa shape index (κ3) is 2.70. The summed E-state index contributed by atoms with van der Waals surface area (Å²) in [5, 5.41) is -0.373. The standard InChI is InChI=1S/C13H22N2O3S/c1-15(8-11-5-7-18-9-11)13(10-14)6-3-4-12(13)19(2,16)17/h5,7,9,12H,3-4,6,8,10,14H2,1-2H3. The Labute approximate surface area is 114 Å². The van der Waals surface area contributed by atoms with Crippen LogP contribution in [-0.4, -0.2) is 44.0 Å². The minimum absolute atomic E-state index is 0.360. The molecule has 1 fully saturated rings. The number of nitrogens with two attached hydrogens (primary N) is 1. The molecule has 0 amide bonds. The summed E-state index contributed by atoms with van der Waals surface area (Å²) in [4.78, 5) is 2.08. The van der Waals surface area contributed by atoms with E-state index in [1.54, 1.807) is 12.5 Å². The molecule has 1 saturated carbocycles. The maximum absolute atomic E-state index is 12.0. The molecular formula is C13H22N2O3S. The molecule has 0 radical (unpaired) electrons. The predicted molar refractivity (Wildman–Crippen MR) is 74.4 cm³/mol. The van der Waals surface area contributed by atoms with Crippen LogP contribution in [0.1, 0.15) is 24.8 Å². The molecule has 19 heavy (non-hydrogen) atoms. The molecule has 2 unspecified atom stereocenters. The second kappa shape index (κ2) is 5.26. The quantitative estimate of drug-likeness (QED) is 0.874. The van der Waals surface area contributed by atoms with E-state index >= 15 is 0 Å². The Hall–Kier alpha value is -0.850. The maximum Gasteiger partial charge on any atom is 0.152 e. The van der Waals surface area contributed by atoms with Gasteiger partial charge >= 0.3 is 0 Å². The average molecular weight is 286 g/mol. The van der Waals surface area contributed by atoms with Crippen molar-refractivity contribution in [3.8, 4) is 0 Å². The molecule has 0 spiro atoms. The van der Waals surface area contributed by atoms with Crippen LogP contribution in [0.25, 0.3) is 0 Å². The van der Waals surface area contributed by atoms with E-state index in [1.165, 1.54) is 6.26 Å². The van der Waals surface area contributed by atoms with Gasteiger partial charge in [0.05, 0.1) is 17.8 Å². The third-order valence-corrected chi connectivity index (χ3v) is 6.01. The molecule has 2 atom stereocenters. The van der Waals surface area contributed by atoms with Crippen LogP contribution in [0.4, 0.5) is 0 Å². The van der Waals surface area contributed by atoms with E-state index in [2.05, 4.69) is 4.90 Å². The molecule has 1 aliphatic rings. The number of likely N-dealkylation sites (N-methyl/N-ethyl adjacent to an activating group) is 1. The van der Waals surface area contributed by atoms with Gasteiger partial charge in [0.1, 0.15) is 0 Å². The van der Waals surface area contributed by atoms with Crippen molar-refractivity contribution < 1.29 is 12.8 Å². The van der Waals surface area contributed by atoms with Crippen LogP contribution in [0.2, 0.25) is 0 Å². The molecular weight excluding hydrogens is 264 g/mol. The Balaban J connectivity index is 2.26. The van der Waals surface area contributed by atoms with Gasteiger partial charge in [-0.3, -0.25) is 4.90 Å². The lowest BCUT2D eigenvalue weighted by Gasteiger charge is -2.41. The van der Waals surface area contributed by atoms with E-state index in [0.717, 1.165) is 18.4 Å². The SMILES string of the molecule is CN(Cc1ccoc1)C1(CN)CCCC1S(C)(=O)=O. The molecule has 1 aromatic heterocycles. The topological polar surface area (TPSA) is 76.5 Å². The minimum atomic E-state index is -3.09. The van der Waals surface area contributed by atoms with E-state index < -0.39 is 15.4 Å². The smallest absolute Gasteiger partial charge is 0.152 e. The fourth-order valence-corrected chi connectivity index (χ4v) is 5.06. The van der Waals surface area contributed by atoms with Gasteiger partial charge in [0.25, 0.3) is 0 Å². The largest absolute Gasteiger partial charge is 0.472 e. The highest BCUT2D eigenvalue weighted by atomic mass is 32.2. The molecule has 1 aromatic rings. The first-order valence-corrected chi connectivity index (χ1v) is 8.47. The first-order chi connectivity index (χ1) is 8.90. The molecule has 5 nitrogen and oxygen atoms in total. The van der Waals surface area contributed by atoms with Crippen LogP contribution in [-0.2, 0) is 16.4 Å². The summed E-state index contributed by atoms with van der Waals surface area (Å²) in [6.07, 6.45) is 7.07. The second-order valence-corrected chi connectivity index (χ2v) is 7.73. The summed E-state index contributed by atoms with van der Waals surface area (Å²) in [6, 6.07) is 1.89. The Kier molecular flexibility index (Phi) is 4.03. The van der Waals surface area contributed by atoms with Gasteiger partial charge in [0.15, 0.2) is 9.84 Å². The normalized spacial score (nSPS) is 28.1. The van der Waals surface area contributed by atoms with Crippen molar-refractivity contribution in [1.82, 2.24) is 4.90 Å². The van der Waals surface area contributed by atoms with Crippen LogP contribution >= 0.6 is 0 Å². The zero-order chi connectivity index (χ0) is 14.1. The number of hydrogen-bond acceptors (Lipinski definition) is 5. The van der Waals surface area contributed by atoms with Gasteiger partial charge in [-0.1, -0.05) is 6.42 Å². The molecule has 0 aromatic carbocycles. The first kappa shape index (κ1) is 14.6. The summed E-state index contributed by atoms with van der Waals surface area (Å²) < 4.78 is 29.1. The fourth-order valence-electron chi connectivity index (χ4n) is 3.28. The molecule has 1 aliphatic carbocycles. The van der Waals surface area contributed by atoms with Crippen LogP contribution in [0.15, 0.2) is 23.0 Å². The van der Waals surface area contributed by atoms with Crippen molar-refractivity contribution >= 4 is 9.84 Å². The van der Waals surface area contributed by atoms with Crippen molar-refractivity contribution in [3.63, 3.8) is 0 Å². The van der Waals surface area contributed by atoms with Crippen LogP contribution in [0.5, 0.6) is 0 Å². The van der Waals surface area contributed by atoms with Crippen molar-refractivity contribution in [2.75, 3.05) is 19.8 Å². The summed E-state index contributed by atoms with van der Waals surface area (Å²) in [5.41, 5.74) is 6.54. The Morgan fingerprint density at radius 2 is 2.32 bits per heavy atom. The summed E-state index contributed by atoms with van der Waals surface area (Å²) in [6.45, 7) is 1.01. The molecule has 1 heterocycles. The number of hydrogen-bond donors (Lipinski definition) is 1. The number of sulfone groups is 1. The second-order valence-electron chi connectivity index (χ2n) is 5.51. The molecule has 0 aliphatic heterocycles. The monoisotopic (exact) mass is 286 g/mol. The Morgan fingerprint density at radius 1 is 1.58 bits per heavy atom. The van der Waals surface area contributed by atoms with Crippen LogP contribution in [0.3, 0.4) is 0 Å². The minimum Gasteiger partial charge on any atom is -0.472 e. The van der Waals surface area contributed by atoms with E-state index in [9.17, 15) is 8.42 Å². The lowest BCUT2D eigenvalue weighted by atomic mass is 9.94. The summed E-state index contributed by atoms with van der Waals surface area (Å²) in [5.74, 6) is 0. The highest BCUT2D eigenvalue weighted by molar-refractivity contribution is 7.91. The molecule has 0 saturated heterocycles. The first-order valence-electron chi connectivity index (χ1n) is 6.51. The predicted octanol–water partition coefficient (Wildman–Crippen LogP) is 1.01. The van der Waals surface area contributed by atoms with Crippen molar-refractivity contribution in [2.45, 2.75) is 36.6 Å². The van der Waals surface area contributed by atoms with Crippen molar-refractivity contribution in [2.24, 2.45) is 5.73 Å². The highest BCUT2D eigenvalue weighted by Crippen LogP contribution is 2.38. The third-order valence-electron chi connectivity index (χ3n) is 4.31. The summed E-state index contributed by atoms with van der Waals surface area (Å²) in [7, 11) is -1.14. The number of rotatable bonds is 5. The van der Waals surface area contributed by atoms with Gasteiger partial charge in [0.2, 0.25) is 0 Å². The molecule has 108 valence electrons. The van der Waals surface area contributed by atoms with E-state index in [-0.39, 0.29) is 5.25 Å².